The van der Waals surface area contributed by atoms with Crippen LogP contribution in [0.15, 0.2) is 0 Å². The third-order valence-corrected chi connectivity index (χ3v) is 5.25. The maximum Gasteiger partial charge on any atom is 0.236 e. The van der Waals surface area contributed by atoms with Gasteiger partial charge in [-0.15, -0.1) is 0 Å². The average Bonchev–Trinajstić information content (AvgIpc) is 2.90. The van der Waals surface area contributed by atoms with Gasteiger partial charge in [-0.2, -0.15) is 0 Å². The summed E-state index contributed by atoms with van der Waals surface area (Å²) in [6.45, 7) is 6.25. The van der Waals surface area contributed by atoms with E-state index in [4.69, 9.17) is 5.73 Å². The summed E-state index contributed by atoms with van der Waals surface area (Å²) in [7, 11) is 0. The molecule has 0 unspecified atom stereocenters. The quantitative estimate of drug-likeness (QED) is 0.784. The predicted octanol–water partition coefficient (Wildman–Crippen LogP) is 1.98. The lowest BCUT2D eigenvalue weighted by Crippen LogP contribution is -2.56. The summed E-state index contributed by atoms with van der Waals surface area (Å²) in [5.74, 6) is 0.307. The first-order chi connectivity index (χ1) is 9.72. The van der Waals surface area contributed by atoms with Crippen LogP contribution < -0.4 is 5.73 Å². The molecule has 0 atom stereocenters. The zero-order valence-electron chi connectivity index (χ0n) is 13.1. The first-order valence-electron chi connectivity index (χ1n) is 8.45. The highest BCUT2D eigenvalue weighted by Crippen LogP contribution is 2.31. The lowest BCUT2D eigenvalue weighted by molar-refractivity contribution is -0.133. The lowest BCUT2D eigenvalue weighted by Gasteiger charge is -2.43. The van der Waals surface area contributed by atoms with Crippen LogP contribution in [-0.4, -0.2) is 54.0 Å². The number of carbonyl (C=O) groups is 1. The SMILES string of the molecule is CCN(CC(=O)N1CCCC1)C1(CN)CCCCCC1. The van der Waals surface area contributed by atoms with Crippen LogP contribution in [0.3, 0.4) is 0 Å². The van der Waals surface area contributed by atoms with Crippen LogP contribution in [0.25, 0.3) is 0 Å². The van der Waals surface area contributed by atoms with Gasteiger partial charge in [0.05, 0.1) is 6.54 Å². The van der Waals surface area contributed by atoms with E-state index in [0.717, 1.165) is 32.5 Å². The number of likely N-dealkylation sites (tertiary alicyclic amines) is 1. The van der Waals surface area contributed by atoms with Gasteiger partial charge in [-0.1, -0.05) is 32.6 Å². The molecule has 0 aromatic carbocycles. The molecule has 1 heterocycles. The minimum atomic E-state index is 0.0701. The fraction of sp³-hybridized carbons (Fsp3) is 0.938. The minimum absolute atomic E-state index is 0.0701. The molecule has 0 aromatic rings. The van der Waals surface area contributed by atoms with Crippen LogP contribution in [0.2, 0.25) is 0 Å². The lowest BCUT2D eigenvalue weighted by atomic mass is 9.88. The van der Waals surface area contributed by atoms with E-state index in [9.17, 15) is 4.79 Å². The zero-order valence-corrected chi connectivity index (χ0v) is 13.1. The summed E-state index contributed by atoms with van der Waals surface area (Å²) in [5.41, 5.74) is 6.22. The molecule has 2 rings (SSSR count). The fourth-order valence-electron chi connectivity index (χ4n) is 3.88. The molecule has 2 N–H and O–H groups in total. The van der Waals surface area contributed by atoms with Gasteiger partial charge < -0.3 is 10.6 Å². The molecular weight excluding hydrogens is 250 g/mol. The summed E-state index contributed by atoms with van der Waals surface area (Å²) < 4.78 is 0. The maximum absolute atomic E-state index is 12.4. The number of likely N-dealkylation sites (N-methyl/N-ethyl adjacent to an activating group) is 1. The summed E-state index contributed by atoms with van der Waals surface area (Å²) in [4.78, 5) is 16.9. The molecule has 2 aliphatic rings. The van der Waals surface area contributed by atoms with Crippen LogP contribution in [0.5, 0.6) is 0 Å². The van der Waals surface area contributed by atoms with E-state index < -0.39 is 0 Å². The van der Waals surface area contributed by atoms with Crippen LogP contribution >= 0.6 is 0 Å². The monoisotopic (exact) mass is 281 g/mol. The van der Waals surface area contributed by atoms with Crippen molar-refractivity contribution >= 4 is 5.91 Å². The smallest absolute Gasteiger partial charge is 0.236 e. The predicted molar refractivity (Wildman–Crippen MR) is 82.5 cm³/mol. The second-order valence-corrected chi connectivity index (χ2v) is 6.44. The molecule has 0 spiro atoms. The van der Waals surface area contributed by atoms with Crippen molar-refractivity contribution in [1.82, 2.24) is 9.80 Å². The Hall–Kier alpha value is -0.610. The first-order valence-corrected chi connectivity index (χ1v) is 8.45. The van der Waals surface area contributed by atoms with Crippen molar-refractivity contribution in [2.75, 3.05) is 32.7 Å². The van der Waals surface area contributed by atoms with Crippen molar-refractivity contribution in [3.63, 3.8) is 0 Å². The molecule has 0 aromatic heterocycles. The van der Waals surface area contributed by atoms with E-state index in [1.807, 2.05) is 4.90 Å². The Balaban J connectivity index is 2.01. The Morgan fingerprint density at radius 3 is 2.20 bits per heavy atom. The standard InChI is InChI=1S/C16H31N3O/c1-2-19(13-15(20)18-11-7-8-12-18)16(14-17)9-5-3-4-6-10-16/h2-14,17H2,1H3. The summed E-state index contributed by atoms with van der Waals surface area (Å²) >= 11 is 0. The third-order valence-electron chi connectivity index (χ3n) is 5.25. The van der Waals surface area contributed by atoms with E-state index in [1.165, 1.54) is 38.5 Å². The van der Waals surface area contributed by atoms with E-state index in [2.05, 4.69) is 11.8 Å². The van der Waals surface area contributed by atoms with Crippen LogP contribution in [-0.2, 0) is 4.79 Å². The number of carbonyl (C=O) groups excluding carboxylic acids is 1. The van der Waals surface area contributed by atoms with Gasteiger partial charge in [-0.3, -0.25) is 9.69 Å². The molecule has 2 fully saturated rings. The number of hydrogen-bond acceptors (Lipinski definition) is 3. The Kier molecular flexibility index (Phi) is 5.85. The normalized spacial score (nSPS) is 23.1. The molecule has 116 valence electrons. The highest BCUT2D eigenvalue weighted by Gasteiger charge is 2.36. The van der Waals surface area contributed by atoms with Gasteiger partial charge in [0.15, 0.2) is 0 Å². The Morgan fingerprint density at radius 2 is 1.70 bits per heavy atom. The van der Waals surface area contributed by atoms with Crippen molar-refractivity contribution in [2.45, 2.75) is 63.8 Å². The van der Waals surface area contributed by atoms with Gasteiger partial charge >= 0.3 is 0 Å². The van der Waals surface area contributed by atoms with Gasteiger partial charge in [0.25, 0.3) is 0 Å². The maximum atomic E-state index is 12.4. The van der Waals surface area contributed by atoms with Crippen molar-refractivity contribution in [3.8, 4) is 0 Å². The summed E-state index contributed by atoms with van der Waals surface area (Å²) in [6, 6.07) is 0. The van der Waals surface area contributed by atoms with E-state index in [-0.39, 0.29) is 5.54 Å². The molecule has 1 saturated heterocycles. The molecule has 1 aliphatic carbocycles. The Labute approximate surface area is 123 Å². The van der Waals surface area contributed by atoms with Crippen LogP contribution in [0.4, 0.5) is 0 Å². The topological polar surface area (TPSA) is 49.6 Å². The molecule has 4 nitrogen and oxygen atoms in total. The highest BCUT2D eigenvalue weighted by molar-refractivity contribution is 5.78. The van der Waals surface area contributed by atoms with Crippen LogP contribution in [0, 0.1) is 0 Å². The molecule has 0 bridgehead atoms. The minimum Gasteiger partial charge on any atom is -0.342 e. The van der Waals surface area contributed by atoms with E-state index in [0.29, 0.717) is 19.0 Å². The number of rotatable bonds is 5. The summed E-state index contributed by atoms with van der Waals surface area (Å²) in [5, 5.41) is 0. The molecule has 4 heteroatoms. The molecule has 20 heavy (non-hydrogen) atoms. The van der Waals surface area contributed by atoms with Gasteiger partial charge in [0.1, 0.15) is 0 Å². The molecule has 1 amide bonds. The van der Waals surface area contributed by atoms with Crippen LogP contribution in [0.1, 0.15) is 58.3 Å². The van der Waals surface area contributed by atoms with Gasteiger partial charge in [-0.25, -0.2) is 0 Å². The number of nitrogens with two attached hydrogens (primary N) is 1. The number of hydrogen-bond donors (Lipinski definition) is 1. The molecular formula is C16H31N3O. The van der Waals surface area contributed by atoms with Crippen molar-refractivity contribution in [1.29, 1.82) is 0 Å². The molecule has 1 aliphatic heterocycles. The molecule has 0 radical (unpaired) electrons. The average molecular weight is 281 g/mol. The molecule has 1 saturated carbocycles. The number of amides is 1. The van der Waals surface area contributed by atoms with Crippen molar-refractivity contribution in [2.24, 2.45) is 5.73 Å². The zero-order chi connectivity index (χ0) is 14.4. The van der Waals surface area contributed by atoms with Crippen molar-refractivity contribution in [3.05, 3.63) is 0 Å². The first kappa shape index (κ1) is 15.8. The summed E-state index contributed by atoms with van der Waals surface area (Å²) in [6.07, 6.45) is 9.80. The largest absolute Gasteiger partial charge is 0.342 e. The Morgan fingerprint density at radius 1 is 1.10 bits per heavy atom. The van der Waals surface area contributed by atoms with E-state index in [1.54, 1.807) is 0 Å². The number of nitrogens with zero attached hydrogens (tertiary/aromatic N) is 2. The second kappa shape index (κ2) is 7.41. The van der Waals surface area contributed by atoms with Gasteiger partial charge in [0.2, 0.25) is 5.91 Å². The second-order valence-electron chi connectivity index (χ2n) is 6.44. The fourth-order valence-corrected chi connectivity index (χ4v) is 3.88. The van der Waals surface area contributed by atoms with Gasteiger partial charge in [0, 0.05) is 25.2 Å². The highest BCUT2D eigenvalue weighted by atomic mass is 16.2. The van der Waals surface area contributed by atoms with Gasteiger partial charge in [-0.05, 0) is 32.2 Å². The Bertz CT molecular complexity index is 305. The van der Waals surface area contributed by atoms with E-state index >= 15 is 0 Å². The van der Waals surface area contributed by atoms with Crippen molar-refractivity contribution < 1.29 is 4.79 Å². The third kappa shape index (κ3) is 3.53.